The van der Waals surface area contributed by atoms with Crippen molar-refractivity contribution in [2.75, 3.05) is 54.7 Å². The van der Waals surface area contributed by atoms with Crippen molar-refractivity contribution < 1.29 is 53.5 Å². The monoisotopic (exact) mass is 1050 g/mol. The molecular weight excluding hydrogens is 988 g/mol. The van der Waals surface area contributed by atoms with E-state index in [1.165, 1.54) is 60.3 Å². The summed E-state index contributed by atoms with van der Waals surface area (Å²) >= 11 is 11.8. The van der Waals surface area contributed by atoms with Crippen LogP contribution in [-0.4, -0.2) is 132 Å². The van der Waals surface area contributed by atoms with E-state index in [-0.39, 0.29) is 57.9 Å². The van der Waals surface area contributed by atoms with Gasteiger partial charge in [-0.1, -0.05) is 49.2 Å². The molecule has 2 saturated heterocycles. The zero-order valence-electron chi connectivity index (χ0n) is 45.0. The van der Waals surface area contributed by atoms with Crippen LogP contribution in [0.4, 0.5) is 0 Å². The molecule has 8 rings (SSSR count). The number of hydrogen-bond donors (Lipinski definition) is 0. The minimum absolute atomic E-state index is 0.0288. The highest BCUT2D eigenvalue weighted by Crippen LogP contribution is 2.40. The molecule has 70 heavy (non-hydrogen) atoms. The molecule has 6 atom stereocenters. The maximum Gasteiger partial charge on any atom is 0.160 e. The highest BCUT2D eigenvalue weighted by atomic mass is 35.5. The standard InChI is InChI=1S/2C23H28ClN5O5S/c2*1-14(22-25-10-17(24)11-26-22)15(2)35(30,31)13-20-27-28-23(16-8-9-34-12-16)29(20)21-18(32-3)6-5-7-19(21)33-4/h2*5-7,10-11,14-16H,8-9,12-13H2,1-4H3/t14-,15-,16+;14-,15-,16-/m00/s1/i2*3D3. The Morgan fingerprint density at radius 1 is 0.614 bits per heavy atom. The Bertz CT molecular complexity index is 2970. The number of ether oxygens (including phenoxy) is 6. The lowest BCUT2D eigenvalue weighted by Gasteiger charge is -2.21. The molecule has 0 saturated carbocycles. The van der Waals surface area contributed by atoms with Crippen molar-refractivity contribution in [2.45, 2.75) is 86.2 Å². The number of aromatic nitrogens is 10. The Hall–Kier alpha value is -5.52. The van der Waals surface area contributed by atoms with Crippen molar-refractivity contribution in [3.63, 3.8) is 0 Å². The number of halogens is 2. The molecule has 20 nitrogen and oxygen atoms in total. The second kappa shape index (κ2) is 22.7. The van der Waals surface area contributed by atoms with Crippen molar-refractivity contribution in [1.29, 1.82) is 0 Å². The van der Waals surface area contributed by atoms with Crippen LogP contribution in [0.1, 0.15) is 107 Å². The first-order valence-electron chi connectivity index (χ1n) is 25.0. The van der Waals surface area contributed by atoms with E-state index >= 15 is 0 Å². The maximum atomic E-state index is 13.6. The van der Waals surface area contributed by atoms with Crippen LogP contribution in [0.15, 0.2) is 61.2 Å². The Balaban J connectivity index is 0.000000221. The molecule has 0 radical (unpaired) electrons. The van der Waals surface area contributed by atoms with E-state index in [0.29, 0.717) is 72.6 Å². The average molecular weight is 1050 g/mol. The van der Waals surface area contributed by atoms with Crippen LogP contribution in [-0.2, 0) is 40.7 Å². The summed E-state index contributed by atoms with van der Waals surface area (Å²) in [5.74, 6) is -0.270. The van der Waals surface area contributed by atoms with Crippen LogP contribution in [0.25, 0.3) is 11.4 Å². The zero-order chi connectivity index (χ0) is 55.3. The Kier molecular flexibility index (Phi) is 14.4. The van der Waals surface area contributed by atoms with Gasteiger partial charge >= 0.3 is 0 Å². The summed E-state index contributed by atoms with van der Waals surface area (Å²) in [5.41, 5.74) is 0.398. The SMILES string of the molecule is [2H]C([2H])([2H])Oc1cccc(OC)c1-n1c(CS(=O)(=O)[C@@H](C)[C@H](C)c2ncc(Cl)cn2)nnc1[C@@H]1CCOC1.[2H]C([2H])([2H])Oc1cccc(OC)c1-n1c(CS(=O)(=O)[C@@H](C)[C@H](C)c2ncc(Cl)cn2)nnc1[C@H]1CCOC1. The topological polar surface area (TPSA) is 237 Å². The molecular formula is C46H56Cl2N10O10S2. The number of nitrogens with zero attached hydrogens (tertiary/aromatic N) is 10. The first-order valence-corrected chi connectivity index (χ1v) is 26.2. The summed E-state index contributed by atoms with van der Waals surface area (Å²) in [5, 5.41) is 16.0. The summed E-state index contributed by atoms with van der Waals surface area (Å²) in [4.78, 5) is 16.7. The van der Waals surface area contributed by atoms with Gasteiger partial charge in [-0.15, -0.1) is 20.4 Å². The number of rotatable bonds is 18. The smallest absolute Gasteiger partial charge is 0.160 e. The van der Waals surface area contributed by atoms with Gasteiger partial charge in [0, 0.05) is 61.7 Å². The van der Waals surface area contributed by atoms with Gasteiger partial charge in [0.05, 0.1) is 70.3 Å². The predicted octanol–water partition coefficient (Wildman–Crippen LogP) is 6.68. The minimum atomic E-state index is -3.84. The Morgan fingerprint density at radius 3 is 1.29 bits per heavy atom. The van der Waals surface area contributed by atoms with Gasteiger partial charge in [0.15, 0.2) is 31.3 Å². The second-order valence-electron chi connectivity index (χ2n) is 16.7. The highest BCUT2D eigenvalue weighted by molar-refractivity contribution is 7.91. The summed E-state index contributed by atoms with van der Waals surface area (Å²) in [7, 11) is -10.4. The molecule has 2 fully saturated rings. The van der Waals surface area contributed by atoms with Crippen molar-refractivity contribution in [1.82, 2.24) is 49.5 Å². The quantitative estimate of drug-likeness (QED) is 0.0873. The Morgan fingerprint density at radius 2 is 0.971 bits per heavy atom. The largest absolute Gasteiger partial charge is 0.494 e. The summed E-state index contributed by atoms with van der Waals surface area (Å²) in [6, 6.07) is 9.35. The van der Waals surface area contributed by atoms with Crippen LogP contribution in [0, 0.1) is 0 Å². The lowest BCUT2D eigenvalue weighted by molar-refractivity contribution is 0.193. The molecule has 2 aliphatic heterocycles. The average Bonchev–Trinajstić information content (AvgIpc) is 4.22. The van der Waals surface area contributed by atoms with E-state index in [1.54, 1.807) is 52.0 Å². The molecule has 0 N–H and O–H groups in total. The van der Waals surface area contributed by atoms with Crippen LogP contribution >= 0.6 is 23.2 Å². The summed E-state index contributed by atoms with van der Waals surface area (Å²) in [6.07, 6.45) is 6.94. The molecule has 4 aromatic heterocycles. The lowest BCUT2D eigenvalue weighted by atomic mass is 10.1. The minimum Gasteiger partial charge on any atom is -0.494 e. The normalized spacial score (nSPS) is 19.4. The van der Waals surface area contributed by atoms with Gasteiger partial charge in [0.25, 0.3) is 0 Å². The molecule has 0 amide bonds. The van der Waals surface area contributed by atoms with Crippen molar-refractivity contribution in [2.24, 2.45) is 0 Å². The van der Waals surface area contributed by atoms with Gasteiger partial charge < -0.3 is 28.4 Å². The van der Waals surface area contributed by atoms with Crippen LogP contribution in [0.3, 0.4) is 0 Å². The van der Waals surface area contributed by atoms with Gasteiger partial charge in [-0.3, -0.25) is 9.13 Å². The van der Waals surface area contributed by atoms with E-state index in [9.17, 15) is 16.8 Å². The fraction of sp³-hybridized carbons (Fsp3) is 0.478. The van der Waals surface area contributed by atoms with Gasteiger partial charge in [-0.05, 0) is 51.0 Å². The Labute approximate surface area is 425 Å². The fourth-order valence-corrected chi connectivity index (χ4v) is 11.4. The van der Waals surface area contributed by atoms with Crippen LogP contribution in [0.2, 0.25) is 10.0 Å². The van der Waals surface area contributed by atoms with E-state index in [1.807, 2.05) is 0 Å². The van der Waals surface area contributed by atoms with E-state index in [0.717, 1.165) is 0 Å². The summed E-state index contributed by atoms with van der Waals surface area (Å²) < 4.78 is 136. The molecule has 6 heterocycles. The number of benzene rings is 2. The number of hydrogen-bond acceptors (Lipinski definition) is 18. The zero-order valence-corrected chi connectivity index (χ0v) is 42.2. The second-order valence-corrected chi connectivity index (χ2v) is 22.3. The highest BCUT2D eigenvalue weighted by Gasteiger charge is 2.37. The molecule has 2 aliphatic rings. The van der Waals surface area contributed by atoms with E-state index < -0.39 is 67.6 Å². The predicted molar refractivity (Wildman–Crippen MR) is 260 cm³/mol. The van der Waals surface area contributed by atoms with Gasteiger partial charge in [-0.25, -0.2) is 36.8 Å². The first kappa shape index (κ1) is 44.4. The molecule has 0 unspecified atom stereocenters. The fourth-order valence-electron chi connectivity index (χ4n) is 8.06. The number of para-hydroxylation sites is 2. The molecule has 2 aromatic carbocycles. The molecule has 0 spiro atoms. The van der Waals surface area contributed by atoms with Crippen molar-refractivity contribution in [3.05, 3.63) is 106 Å². The summed E-state index contributed by atoms with van der Waals surface area (Å²) in [6.45, 7) is 8.33. The maximum absolute atomic E-state index is 13.6. The number of sulfone groups is 2. The van der Waals surface area contributed by atoms with Gasteiger partial charge in [0.2, 0.25) is 0 Å². The molecule has 6 aromatic rings. The van der Waals surface area contributed by atoms with Crippen LogP contribution < -0.4 is 18.9 Å². The van der Waals surface area contributed by atoms with Crippen molar-refractivity contribution >= 4 is 42.9 Å². The van der Waals surface area contributed by atoms with Gasteiger partial charge in [-0.2, -0.15) is 0 Å². The van der Waals surface area contributed by atoms with Crippen LogP contribution in [0.5, 0.6) is 23.0 Å². The first-order chi connectivity index (χ1) is 35.8. The number of methoxy groups -OCH3 is 4. The van der Waals surface area contributed by atoms with E-state index in [2.05, 4.69) is 40.3 Å². The van der Waals surface area contributed by atoms with E-state index in [4.69, 9.17) is 59.8 Å². The van der Waals surface area contributed by atoms with Gasteiger partial charge in [0.1, 0.15) is 69.2 Å². The molecule has 376 valence electrons. The van der Waals surface area contributed by atoms with Crippen molar-refractivity contribution in [3.8, 4) is 34.4 Å². The lowest BCUT2D eigenvalue weighted by Crippen LogP contribution is -2.27. The third-order valence-corrected chi connectivity index (χ3v) is 17.2. The molecule has 24 heteroatoms. The molecule has 0 aliphatic carbocycles. The third kappa shape index (κ3) is 11.3. The third-order valence-electron chi connectivity index (χ3n) is 12.4. The molecule has 0 bridgehead atoms.